The van der Waals surface area contributed by atoms with E-state index in [2.05, 4.69) is 20.8 Å². The molecule has 1 aromatic carbocycles. The van der Waals surface area contributed by atoms with Crippen LogP contribution in [0.4, 0.5) is 11.5 Å². The molecule has 5 nitrogen and oxygen atoms in total. The van der Waals surface area contributed by atoms with Crippen molar-refractivity contribution in [3.8, 4) is 0 Å². The number of hydrogen-bond acceptors (Lipinski definition) is 4. The summed E-state index contributed by atoms with van der Waals surface area (Å²) in [5.41, 5.74) is 0.533. The van der Waals surface area contributed by atoms with E-state index in [0.717, 1.165) is 0 Å². The van der Waals surface area contributed by atoms with E-state index in [1.54, 1.807) is 37.4 Å². The second kappa shape index (κ2) is 5.86. The molecule has 0 spiro atoms. The van der Waals surface area contributed by atoms with Crippen molar-refractivity contribution in [1.82, 2.24) is 10.2 Å². The molecule has 0 atom stereocenters. The predicted octanol–water partition coefficient (Wildman–Crippen LogP) is 3.08. The number of carbonyl (C=O) groups excluding carboxylic acids is 1. The van der Waals surface area contributed by atoms with Gasteiger partial charge < -0.3 is 10.6 Å². The summed E-state index contributed by atoms with van der Waals surface area (Å²) in [7, 11) is 1.72. The van der Waals surface area contributed by atoms with E-state index in [9.17, 15) is 4.79 Å². The summed E-state index contributed by atoms with van der Waals surface area (Å²) in [5, 5.41) is 13.8. The largest absolute Gasteiger partial charge is 0.372 e. The van der Waals surface area contributed by atoms with Gasteiger partial charge in [0.1, 0.15) is 5.82 Å². The van der Waals surface area contributed by atoms with Crippen LogP contribution in [-0.4, -0.2) is 23.2 Å². The lowest BCUT2D eigenvalue weighted by Crippen LogP contribution is -2.15. The molecule has 2 rings (SSSR count). The second-order valence-electron chi connectivity index (χ2n) is 3.60. The zero-order chi connectivity index (χ0) is 13.8. The molecule has 0 bridgehead atoms. The number of hydrogen-bond donors (Lipinski definition) is 2. The molecule has 1 aromatic heterocycles. The van der Waals surface area contributed by atoms with Gasteiger partial charge in [0.05, 0.1) is 15.7 Å². The van der Waals surface area contributed by atoms with Gasteiger partial charge in [-0.15, -0.1) is 10.2 Å². The van der Waals surface area contributed by atoms with E-state index in [1.165, 1.54) is 0 Å². The van der Waals surface area contributed by atoms with Crippen molar-refractivity contribution in [3.63, 3.8) is 0 Å². The van der Waals surface area contributed by atoms with Crippen molar-refractivity contribution < 1.29 is 4.79 Å². The maximum Gasteiger partial charge on any atom is 0.276 e. The van der Waals surface area contributed by atoms with Crippen LogP contribution in [0.3, 0.4) is 0 Å². The van der Waals surface area contributed by atoms with Crippen molar-refractivity contribution in [3.05, 3.63) is 46.1 Å². The molecule has 0 saturated carbocycles. The molecule has 7 heteroatoms. The standard InChI is InChI=1S/C12H10Cl2N4O/c1-15-10-6-5-9(17-18-10)12(19)16-11-7(13)3-2-4-8(11)14/h2-6H,1H3,(H,15,18)(H,16,19). The fraction of sp³-hybridized carbons (Fsp3) is 0.0833. The number of para-hydroxylation sites is 1. The summed E-state index contributed by atoms with van der Waals surface area (Å²) in [5.74, 6) is 0.150. The second-order valence-corrected chi connectivity index (χ2v) is 4.42. The predicted molar refractivity (Wildman–Crippen MR) is 76.0 cm³/mol. The number of aromatic nitrogens is 2. The zero-order valence-corrected chi connectivity index (χ0v) is 11.5. The van der Waals surface area contributed by atoms with Crippen LogP contribution < -0.4 is 10.6 Å². The Bertz CT molecular complexity index is 581. The van der Waals surface area contributed by atoms with Crippen LogP contribution in [-0.2, 0) is 0 Å². The fourth-order valence-electron chi connectivity index (χ4n) is 1.38. The minimum atomic E-state index is -0.426. The highest BCUT2D eigenvalue weighted by atomic mass is 35.5. The molecule has 0 unspecified atom stereocenters. The summed E-state index contributed by atoms with van der Waals surface area (Å²) in [4.78, 5) is 12.0. The van der Waals surface area contributed by atoms with Gasteiger partial charge in [-0.05, 0) is 24.3 Å². The van der Waals surface area contributed by atoms with Crippen LogP contribution in [0.5, 0.6) is 0 Å². The zero-order valence-electron chi connectivity index (χ0n) is 9.95. The number of carbonyl (C=O) groups is 1. The minimum absolute atomic E-state index is 0.176. The summed E-state index contributed by atoms with van der Waals surface area (Å²) in [6.45, 7) is 0. The lowest BCUT2D eigenvalue weighted by Gasteiger charge is -2.08. The Kier molecular flexibility index (Phi) is 4.19. The lowest BCUT2D eigenvalue weighted by atomic mass is 10.3. The number of rotatable bonds is 3. The van der Waals surface area contributed by atoms with Gasteiger partial charge in [0.25, 0.3) is 5.91 Å². The first-order valence-corrected chi connectivity index (χ1v) is 6.14. The summed E-state index contributed by atoms with van der Waals surface area (Å²) >= 11 is 11.9. The monoisotopic (exact) mass is 296 g/mol. The van der Waals surface area contributed by atoms with Gasteiger partial charge in [0, 0.05) is 7.05 Å². The molecule has 19 heavy (non-hydrogen) atoms. The van der Waals surface area contributed by atoms with Crippen molar-refractivity contribution >= 4 is 40.6 Å². The summed E-state index contributed by atoms with van der Waals surface area (Å²) < 4.78 is 0. The average molecular weight is 297 g/mol. The number of amides is 1. The molecule has 1 amide bonds. The molecule has 0 aliphatic rings. The van der Waals surface area contributed by atoms with Gasteiger partial charge in [-0.2, -0.15) is 0 Å². The first kappa shape index (κ1) is 13.6. The van der Waals surface area contributed by atoms with Gasteiger partial charge in [-0.1, -0.05) is 29.3 Å². The van der Waals surface area contributed by atoms with Crippen LogP contribution in [0.15, 0.2) is 30.3 Å². The molecular weight excluding hydrogens is 287 g/mol. The summed E-state index contributed by atoms with van der Waals surface area (Å²) in [6.07, 6.45) is 0. The molecule has 0 saturated heterocycles. The maximum atomic E-state index is 12.0. The van der Waals surface area contributed by atoms with Gasteiger partial charge in [0.2, 0.25) is 0 Å². The molecule has 0 fully saturated rings. The molecule has 2 aromatic rings. The quantitative estimate of drug-likeness (QED) is 0.913. The topological polar surface area (TPSA) is 66.9 Å². The van der Waals surface area contributed by atoms with Gasteiger partial charge >= 0.3 is 0 Å². The van der Waals surface area contributed by atoms with Crippen LogP contribution in [0.2, 0.25) is 10.0 Å². The number of nitrogens with one attached hydrogen (secondary N) is 2. The Morgan fingerprint density at radius 3 is 2.32 bits per heavy atom. The van der Waals surface area contributed by atoms with Crippen LogP contribution in [0.25, 0.3) is 0 Å². The Labute approximate surface area is 119 Å². The van der Waals surface area contributed by atoms with Gasteiger partial charge in [-0.3, -0.25) is 4.79 Å². The Balaban J connectivity index is 2.20. The van der Waals surface area contributed by atoms with Crippen molar-refractivity contribution in [1.29, 1.82) is 0 Å². The fourth-order valence-corrected chi connectivity index (χ4v) is 1.87. The first-order chi connectivity index (χ1) is 9.11. The first-order valence-electron chi connectivity index (χ1n) is 5.38. The maximum absolute atomic E-state index is 12.0. The van der Waals surface area contributed by atoms with E-state index in [4.69, 9.17) is 23.2 Å². The molecule has 0 radical (unpaired) electrons. The number of halogens is 2. The number of benzene rings is 1. The van der Waals surface area contributed by atoms with Gasteiger partial charge in [-0.25, -0.2) is 0 Å². The molecule has 0 aliphatic heterocycles. The van der Waals surface area contributed by atoms with Crippen LogP contribution in [0, 0.1) is 0 Å². The Morgan fingerprint density at radius 1 is 1.11 bits per heavy atom. The van der Waals surface area contributed by atoms with Crippen molar-refractivity contribution in [2.45, 2.75) is 0 Å². The van der Waals surface area contributed by atoms with Gasteiger partial charge in [0.15, 0.2) is 5.69 Å². The van der Waals surface area contributed by atoms with Crippen molar-refractivity contribution in [2.24, 2.45) is 0 Å². The third kappa shape index (κ3) is 3.13. The third-order valence-corrected chi connectivity index (χ3v) is 2.98. The lowest BCUT2D eigenvalue weighted by molar-refractivity contribution is 0.102. The SMILES string of the molecule is CNc1ccc(C(=O)Nc2c(Cl)cccc2Cl)nn1. The molecular formula is C12H10Cl2N4O. The van der Waals surface area contributed by atoms with Crippen LogP contribution in [0.1, 0.15) is 10.5 Å². The van der Waals surface area contributed by atoms with E-state index < -0.39 is 5.91 Å². The number of anilines is 2. The van der Waals surface area contributed by atoms with E-state index in [1.807, 2.05) is 0 Å². The summed E-state index contributed by atoms with van der Waals surface area (Å²) in [6, 6.07) is 8.18. The Hall–Kier alpha value is -1.85. The minimum Gasteiger partial charge on any atom is -0.372 e. The van der Waals surface area contributed by atoms with E-state index >= 15 is 0 Å². The Morgan fingerprint density at radius 2 is 1.79 bits per heavy atom. The highest BCUT2D eigenvalue weighted by molar-refractivity contribution is 6.39. The van der Waals surface area contributed by atoms with E-state index in [-0.39, 0.29) is 5.69 Å². The highest BCUT2D eigenvalue weighted by Crippen LogP contribution is 2.29. The van der Waals surface area contributed by atoms with Crippen LogP contribution >= 0.6 is 23.2 Å². The highest BCUT2D eigenvalue weighted by Gasteiger charge is 2.12. The molecule has 1 heterocycles. The molecule has 98 valence electrons. The third-order valence-electron chi connectivity index (χ3n) is 2.35. The van der Waals surface area contributed by atoms with E-state index in [0.29, 0.717) is 21.6 Å². The smallest absolute Gasteiger partial charge is 0.276 e. The number of nitrogens with zero attached hydrogens (tertiary/aromatic N) is 2. The normalized spacial score (nSPS) is 10.1. The molecule has 0 aliphatic carbocycles. The van der Waals surface area contributed by atoms with Crippen molar-refractivity contribution in [2.75, 3.05) is 17.7 Å². The molecule has 2 N–H and O–H groups in total. The average Bonchev–Trinajstić information content (AvgIpc) is 2.43.